The van der Waals surface area contributed by atoms with Crippen LogP contribution in [0.4, 0.5) is 5.95 Å². The van der Waals surface area contributed by atoms with E-state index in [1.165, 1.54) is 13.4 Å². The second-order valence-corrected chi connectivity index (χ2v) is 4.65. The van der Waals surface area contributed by atoms with Crippen molar-refractivity contribution in [1.82, 2.24) is 25.1 Å². The molecule has 0 saturated heterocycles. The second kappa shape index (κ2) is 6.84. The van der Waals surface area contributed by atoms with E-state index in [4.69, 9.17) is 4.74 Å². The van der Waals surface area contributed by atoms with Gasteiger partial charge in [-0.05, 0) is 25.1 Å². The number of fused-ring (bicyclic) bond motifs is 1. The first-order valence-corrected chi connectivity index (χ1v) is 7.02. The molecular formula is C15H16N6O2. The Morgan fingerprint density at radius 2 is 2.09 bits per heavy atom. The van der Waals surface area contributed by atoms with Gasteiger partial charge in [-0.3, -0.25) is 10.3 Å². The molecule has 8 nitrogen and oxygen atoms in total. The molecule has 2 heterocycles. The highest BCUT2D eigenvalue weighted by molar-refractivity contribution is 5.57. The van der Waals surface area contributed by atoms with E-state index in [9.17, 15) is 0 Å². The lowest BCUT2D eigenvalue weighted by molar-refractivity contribution is 0.148. The molecule has 0 amide bonds. The minimum Gasteiger partial charge on any atom is -0.484 e. The third-order valence-electron chi connectivity index (χ3n) is 3.08. The number of nitrogens with one attached hydrogen (secondary N) is 1. The third kappa shape index (κ3) is 3.43. The first kappa shape index (κ1) is 14.9. The molecule has 0 saturated carbocycles. The molecule has 0 fully saturated rings. The van der Waals surface area contributed by atoms with Gasteiger partial charge in [-0.2, -0.15) is 14.5 Å². The lowest BCUT2D eigenvalue weighted by atomic mass is 10.2. The Labute approximate surface area is 132 Å². The number of benzene rings is 1. The van der Waals surface area contributed by atoms with Crippen LogP contribution in [0, 0.1) is 0 Å². The van der Waals surface area contributed by atoms with Crippen molar-refractivity contribution in [2.45, 2.75) is 13.0 Å². The molecule has 3 rings (SSSR count). The quantitative estimate of drug-likeness (QED) is 0.426. The van der Waals surface area contributed by atoms with Crippen LogP contribution in [0.15, 0.2) is 47.6 Å². The van der Waals surface area contributed by atoms with Gasteiger partial charge in [0.1, 0.15) is 18.2 Å². The average Bonchev–Trinajstić information content (AvgIpc) is 2.98. The Balaban J connectivity index is 1.88. The molecule has 8 heteroatoms. The van der Waals surface area contributed by atoms with Gasteiger partial charge in [0.05, 0.1) is 12.8 Å². The van der Waals surface area contributed by atoms with Crippen molar-refractivity contribution in [1.29, 1.82) is 0 Å². The van der Waals surface area contributed by atoms with Crippen molar-refractivity contribution in [2.24, 2.45) is 4.99 Å². The fourth-order valence-corrected chi connectivity index (χ4v) is 2.06. The van der Waals surface area contributed by atoms with Crippen molar-refractivity contribution in [3.63, 3.8) is 0 Å². The summed E-state index contributed by atoms with van der Waals surface area (Å²) in [6.07, 6.45) is 2.81. The Morgan fingerprint density at radius 3 is 2.87 bits per heavy atom. The molecule has 0 spiro atoms. The topological polar surface area (TPSA) is 85.9 Å². The summed E-state index contributed by atoms with van der Waals surface area (Å²) in [7, 11) is 1.49. The summed E-state index contributed by atoms with van der Waals surface area (Å²) in [4.78, 5) is 17.1. The van der Waals surface area contributed by atoms with Crippen LogP contribution in [-0.2, 0) is 4.84 Å². The van der Waals surface area contributed by atoms with Crippen LogP contribution < -0.4 is 10.2 Å². The van der Waals surface area contributed by atoms with Crippen molar-refractivity contribution < 1.29 is 9.57 Å². The summed E-state index contributed by atoms with van der Waals surface area (Å²) in [6.45, 7) is 1.94. The van der Waals surface area contributed by atoms with E-state index in [0.29, 0.717) is 5.78 Å². The predicted molar refractivity (Wildman–Crippen MR) is 84.6 cm³/mol. The lowest BCUT2D eigenvalue weighted by Crippen LogP contribution is -2.10. The van der Waals surface area contributed by atoms with E-state index < -0.39 is 0 Å². The summed E-state index contributed by atoms with van der Waals surface area (Å²) < 4.78 is 7.55. The lowest BCUT2D eigenvalue weighted by Gasteiger charge is -2.15. The average molecular weight is 312 g/mol. The maximum atomic E-state index is 5.93. The van der Waals surface area contributed by atoms with Crippen molar-refractivity contribution in [3.8, 4) is 5.75 Å². The zero-order valence-electron chi connectivity index (χ0n) is 12.7. The number of hydroxylamine groups is 1. The molecule has 1 atom stereocenters. The van der Waals surface area contributed by atoms with Gasteiger partial charge < -0.3 is 4.74 Å². The molecule has 0 aliphatic rings. The summed E-state index contributed by atoms with van der Waals surface area (Å²) in [5, 5.41) is 4.32. The van der Waals surface area contributed by atoms with Gasteiger partial charge in [0.2, 0.25) is 0 Å². The Bertz CT molecular complexity index is 802. The third-order valence-corrected chi connectivity index (χ3v) is 3.08. The van der Waals surface area contributed by atoms with E-state index in [1.54, 1.807) is 10.7 Å². The van der Waals surface area contributed by atoms with Gasteiger partial charge in [0.15, 0.2) is 0 Å². The number of rotatable bonds is 6. The van der Waals surface area contributed by atoms with E-state index >= 15 is 0 Å². The van der Waals surface area contributed by atoms with Gasteiger partial charge >= 0.3 is 0 Å². The predicted octanol–water partition coefficient (Wildman–Crippen LogP) is 2.08. The summed E-state index contributed by atoms with van der Waals surface area (Å²) >= 11 is 0. The van der Waals surface area contributed by atoms with Crippen LogP contribution in [0.2, 0.25) is 0 Å². The minimum atomic E-state index is -0.224. The van der Waals surface area contributed by atoms with E-state index in [-0.39, 0.29) is 12.1 Å². The number of nitrogens with zero attached hydrogens (tertiary/aromatic N) is 5. The number of ether oxygens (including phenoxy) is 1. The van der Waals surface area contributed by atoms with Crippen molar-refractivity contribution in [3.05, 3.63) is 48.3 Å². The SMILES string of the molecule is CONC=Nc1nc2nccc([C@H](C)Oc3ccccc3)n2n1. The molecule has 0 unspecified atom stereocenters. The van der Waals surface area contributed by atoms with Gasteiger partial charge in [-0.25, -0.2) is 4.98 Å². The smallest absolute Gasteiger partial charge is 0.272 e. The van der Waals surface area contributed by atoms with Gasteiger partial charge in [-0.15, -0.1) is 5.10 Å². The van der Waals surface area contributed by atoms with Gasteiger partial charge in [-0.1, -0.05) is 18.2 Å². The number of hydrogen-bond donors (Lipinski definition) is 1. The number of hydrogen-bond acceptors (Lipinski definition) is 6. The maximum Gasteiger partial charge on any atom is 0.272 e. The molecule has 3 aromatic rings. The fourth-order valence-electron chi connectivity index (χ4n) is 2.06. The standard InChI is InChI=1S/C15H16N6O2/c1-11(23-12-6-4-3-5-7-12)13-8-9-16-15-19-14(20-21(13)15)17-10-18-22-2/h3-11H,1-2H3,(H,17,18,20)/t11-/m0/s1. The molecule has 2 aromatic heterocycles. The van der Waals surface area contributed by atoms with E-state index in [1.807, 2.05) is 43.3 Å². The van der Waals surface area contributed by atoms with Crippen LogP contribution in [0.25, 0.3) is 5.78 Å². The molecule has 0 aliphatic heterocycles. The van der Waals surface area contributed by atoms with E-state index in [2.05, 4.69) is 30.4 Å². The molecule has 118 valence electrons. The van der Waals surface area contributed by atoms with Crippen LogP contribution >= 0.6 is 0 Å². The molecule has 1 aromatic carbocycles. The molecule has 0 bridgehead atoms. The van der Waals surface area contributed by atoms with Gasteiger partial charge in [0, 0.05) is 6.20 Å². The number of aromatic nitrogens is 4. The molecule has 0 radical (unpaired) electrons. The Hall–Kier alpha value is -3.00. The number of aliphatic imine (C=N–C) groups is 1. The summed E-state index contributed by atoms with van der Waals surface area (Å²) in [5.41, 5.74) is 3.31. The molecule has 1 N–H and O–H groups in total. The van der Waals surface area contributed by atoms with E-state index in [0.717, 1.165) is 11.4 Å². The normalized spacial score (nSPS) is 12.6. The molecular weight excluding hydrogens is 296 g/mol. The largest absolute Gasteiger partial charge is 0.484 e. The number of para-hydroxylation sites is 1. The molecule has 0 aliphatic carbocycles. The Kier molecular flexibility index (Phi) is 4.44. The zero-order chi connectivity index (χ0) is 16.1. The van der Waals surface area contributed by atoms with Crippen LogP contribution in [0.1, 0.15) is 18.7 Å². The summed E-state index contributed by atoms with van der Waals surface area (Å²) in [5.74, 6) is 1.52. The highest BCUT2D eigenvalue weighted by Crippen LogP contribution is 2.21. The van der Waals surface area contributed by atoms with Gasteiger partial charge in [0.25, 0.3) is 11.7 Å². The van der Waals surface area contributed by atoms with Crippen LogP contribution in [0.3, 0.4) is 0 Å². The van der Waals surface area contributed by atoms with Crippen molar-refractivity contribution in [2.75, 3.05) is 7.11 Å². The Morgan fingerprint density at radius 1 is 1.26 bits per heavy atom. The van der Waals surface area contributed by atoms with Crippen LogP contribution in [0.5, 0.6) is 5.75 Å². The van der Waals surface area contributed by atoms with Crippen molar-refractivity contribution >= 4 is 18.1 Å². The minimum absolute atomic E-state index is 0.224. The second-order valence-electron chi connectivity index (χ2n) is 4.65. The first-order chi connectivity index (χ1) is 11.3. The summed E-state index contributed by atoms with van der Waals surface area (Å²) in [6, 6.07) is 11.4. The highest BCUT2D eigenvalue weighted by atomic mass is 16.6. The first-order valence-electron chi connectivity index (χ1n) is 7.02. The highest BCUT2D eigenvalue weighted by Gasteiger charge is 2.14. The van der Waals surface area contributed by atoms with Crippen LogP contribution in [-0.4, -0.2) is 33.0 Å². The fraction of sp³-hybridized carbons (Fsp3) is 0.200. The monoisotopic (exact) mass is 312 g/mol. The molecule has 23 heavy (non-hydrogen) atoms. The zero-order valence-corrected chi connectivity index (χ0v) is 12.7. The maximum absolute atomic E-state index is 5.93.